The fraction of sp³-hybridized carbons (Fsp3) is 0.846. The predicted octanol–water partition coefficient (Wildman–Crippen LogP) is 1.55. The van der Waals surface area contributed by atoms with Crippen LogP contribution in [0.5, 0.6) is 0 Å². The van der Waals surface area contributed by atoms with Crippen LogP contribution in [0.4, 0.5) is 0 Å². The molecule has 0 radical (unpaired) electrons. The van der Waals surface area contributed by atoms with Crippen LogP contribution < -0.4 is 5.32 Å². The highest BCUT2D eigenvalue weighted by Crippen LogP contribution is 2.14. The van der Waals surface area contributed by atoms with E-state index in [9.17, 15) is 9.59 Å². The lowest BCUT2D eigenvalue weighted by Gasteiger charge is -2.23. The molecule has 2 amide bonds. The molecule has 0 aliphatic carbocycles. The van der Waals surface area contributed by atoms with Crippen LogP contribution in [0, 0.1) is 5.92 Å². The number of amides is 2. The summed E-state index contributed by atoms with van der Waals surface area (Å²) in [5, 5.41) is 3.32. The van der Waals surface area contributed by atoms with E-state index in [1.54, 1.807) is 0 Å². The van der Waals surface area contributed by atoms with Crippen molar-refractivity contribution in [3.8, 4) is 0 Å². The van der Waals surface area contributed by atoms with Gasteiger partial charge in [0.2, 0.25) is 11.8 Å². The number of nitrogens with zero attached hydrogens (tertiary/aromatic N) is 1. The lowest BCUT2D eigenvalue weighted by Crippen LogP contribution is -2.40. The molecular weight excluding hydrogens is 216 g/mol. The van der Waals surface area contributed by atoms with Crippen LogP contribution in [0.3, 0.4) is 0 Å². The van der Waals surface area contributed by atoms with Crippen molar-refractivity contribution in [2.45, 2.75) is 46.0 Å². The second kappa shape index (κ2) is 7.43. The number of carbonyl (C=O) groups excluding carboxylic acids is 2. The van der Waals surface area contributed by atoms with Crippen LogP contribution in [0.25, 0.3) is 0 Å². The third-order valence-corrected chi connectivity index (χ3v) is 3.05. The standard InChI is InChI=1S/C13H24N2O2/c1-3-8-14-9-11(2)10-15-12(16)6-4-5-7-13(15)17/h11,14H,3-10H2,1-2H3. The second-order valence-corrected chi connectivity index (χ2v) is 4.91. The summed E-state index contributed by atoms with van der Waals surface area (Å²) in [6.07, 6.45) is 3.86. The van der Waals surface area contributed by atoms with E-state index < -0.39 is 0 Å². The molecule has 17 heavy (non-hydrogen) atoms. The average Bonchev–Trinajstić information content (AvgIpc) is 2.44. The molecule has 0 saturated carbocycles. The van der Waals surface area contributed by atoms with Crippen LogP contribution in [-0.2, 0) is 9.59 Å². The SMILES string of the molecule is CCCNCC(C)CN1C(=O)CCCCC1=O. The van der Waals surface area contributed by atoms with Gasteiger partial charge in [0.15, 0.2) is 0 Å². The molecule has 0 aromatic carbocycles. The molecule has 1 fully saturated rings. The van der Waals surface area contributed by atoms with E-state index in [2.05, 4.69) is 19.2 Å². The maximum atomic E-state index is 11.8. The number of rotatable bonds is 6. The molecule has 1 aliphatic heterocycles. The average molecular weight is 240 g/mol. The quantitative estimate of drug-likeness (QED) is 0.566. The molecular formula is C13H24N2O2. The Morgan fingerprint density at radius 3 is 2.35 bits per heavy atom. The van der Waals surface area contributed by atoms with E-state index in [1.807, 2.05) is 0 Å². The molecule has 1 aliphatic rings. The maximum Gasteiger partial charge on any atom is 0.229 e. The summed E-state index contributed by atoms with van der Waals surface area (Å²) >= 11 is 0. The first-order chi connectivity index (χ1) is 8.15. The molecule has 4 nitrogen and oxygen atoms in total. The zero-order chi connectivity index (χ0) is 12.7. The van der Waals surface area contributed by atoms with Crippen LogP contribution >= 0.6 is 0 Å². The lowest BCUT2D eigenvalue weighted by atomic mass is 10.1. The number of carbonyl (C=O) groups is 2. The molecule has 1 unspecified atom stereocenters. The first kappa shape index (κ1) is 14.2. The van der Waals surface area contributed by atoms with Gasteiger partial charge >= 0.3 is 0 Å². The second-order valence-electron chi connectivity index (χ2n) is 4.91. The van der Waals surface area contributed by atoms with Gasteiger partial charge in [-0.15, -0.1) is 0 Å². The molecule has 1 rings (SSSR count). The van der Waals surface area contributed by atoms with Gasteiger partial charge in [-0.2, -0.15) is 0 Å². The molecule has 0 aromatic rings. The van der Waals surface area contributed by atoms with E-state index in [1.165, 1.54) is 4.90 Å². The van der Waals surface area contributed by atoms with E-state index in [0.29, 0.717) is 25.3 Å². The lowest BCUT2D eigenvalue weighted by molar-refractivity contribution is -0.144. The fourth-order valence-corrected chi connectivity index (χ4v) is 2.07. The summed E-state index contributed by atoms with van der Waals surface area (Å²) in [4.78, 5) is 25.0. The fourth-order valence-electron chi connectivity index (χ4n) is 2.07. The Hall–Kier alpha value is -0.900. The topological polar surface area (TPSA) is 49.4 Å². The number of nitrogens with one attached hydrogen (secondary N) is 1. The van der Waals surface area contributed by atoms with Gasteiger partial charge in [0.05, 0.1) is 0 Å². The first-order valence-corrected chi connectivity index (χ1v) is 6.69. The smallest absolute Gasteiger partial charge is 0.229 e. The van der Waals surface area contributed by atoms with Gasteiger partial charge in [0.1, 0.15) is 0 Å². The molecule has 98 valence electrons. The van der Waals surface area contributed by atoms with E-state index in [4.69, 9.17) is 0 Å². The summed E-state index contributed by atoms with van der Waals surface area (Å²) in [6.45, 7) is 6.62. The normalized spacial score (nSPS) is 19.3. The molecule has 1 heterocycles. The number of hydrogen-bond acceptors (Lipinski definition) is 3. The molecule has 0 aromatic heterocycles. The molecule has 1 N–H and O–H groups in total. The Bertz CT molecular complexity index is 248. The number of imide groups is 1. The van der Waals surface area contributed by atoms with Crippen LogP contribution in [0.2, 0.25) is 0 Å². The van der Waals surface area contributed by atoms with Crippen molar-refractivity contribution in [3.05, 3.63) is 0 Å². The Labute approximate surface area is 104 Å². The Balaban J connectivity index is 2.40. The van der Waals surface area contributed by atoms with Crippen molar-refractivity contribution >= 4 is 11.8 Å². The van der Waals surface area contributed by atoms with Crippen LogP contribution in [0.15, 0.2) is 0 Å². The van der Waals surface area contributed by atoms with Crippen LogP contribution in [0.1, 0.15) is 46.0 Å². The van der Waals surface area contributed by atoms with Crippen molar-refractivity contribution < 1.29 is 9.59 Å². The van der Waals surface area contributed by atoms with E-state index in [0.717, 1.165) is 32.4 Å². The van der Waals surface area contributed by atoms with Gasteiger partial charge in [-0.1, -0.05) is 13.8 Å². The molecule has 1 atom stereocenters. The maximum absolute atomic E-state index is 11.8. The van der Waals surface area contributed by atoms with Crippen molar-refractivity contribution in [1.82, 2.24) is 10.2 Å². The minimum atomic E-state index is 0.00911. The number of likely N-dealkylation sites (tertiary alicyclic amines) is 1. The van der Waals surface area contributed by atoms with Gasteiger partial charge in [-0.25, -0.2) is 0 Å². The monoisotopic (exact) mass is 240 g/mol. The molecule has 1 saturated heterocycles. The summed E-state index contributed by atoms with van der Waals surface area (Å²) in [5.74, 6) is 0.345. The van der Waals surface area contributed by atoms with Gasteiger partial charge < -0.3 is 5.32 Å². The Morgan fingerprint density at radius 2 is 1.82 bits per heavy atom. The highest BCUT2D eigenvalue weighted by molar-refractivity contribution is 5.96. The molecule has 0 spiro atoms. The van der Waals surface area contributed by atoms with Gasteiger partial charge in [0.25, 0.3) is 0 Å². The first-order valence-electron chi connectivity index (χ1n) is 6.69. The van der Waals surface area contributed by atoms with Crippen LogP contribution in [-0.4, -0.2) is 36.3 Å². The summed E-state index contributed by atoms with van der Waals surface area (Å²) in [5.41, 5.74) is 0. The third-order valence-electron chi connectivity index (χ3n) is 3.05. The highest BCUT2D eigenvalue weighted by Gasteiger charge is 2.25. The minimum Gasteiger partial charge on any atom is -0.316 e. The summed E-state index contributed by atoms with van der Waals surface area (Å²) in [7, 11) is 0. The Morgan fingerprint density at radius 1 is 1.24 bits per heavy atom. The van der Waals surface area contributed by atoms with Crippen molar-refractivity contribution in [2.24, 2.45) is 5.92 Å². The zero-order valence-electron chi connectivity index (χ0n) is 11.0. The molecule has 4 heteroatoms. The predicted molar refractivity (Wildman–Crippen MR) is 67.5 cm³/mol. The van der Waals surface area contributed by atoms with Gasteiger partial charge in [-0.3, -0.25) is 14.5 Å². The third kappa shape index (κ3) is 4.86. The van der Waals surface area contributed by atoms with Crippen molar-refractivity contribution in [2.75, 3.05) is 19.6 Å². The zero-order valence-corrected chi connectivity index (χ0v) is 11.0. The van der Waals surface area contributed by atoms with E-state index in [-0.39, 0.29) is 11.8 Å². The van der Waals surface area contributed by atoms with E-state index >= 15 is 0 Å². The van der Waals surface area contributed by atoms with Crippen molar-refractivity contribution in [1.29, 1.82) is 0 Å². The minimum absolute atomic E-state index is 0.00911. The van der Waals surface area contributed by atoms with Gasteiger partial charge in [-0.05, 0) is 38.3 Å². The van der Waals surface area contributed by atoms with Crippen molar-refractivity contribution in [3.63, 3.8) is 0 Å². The molecule has 0 bridgehead atoms. The number of hydrogen-bond donors (Lipinski definition) is 1. The summed E-state index contributed by atoms with van der Waals surface area (Å²) in [6, 6.07) is 0. The highest BCUT2D eigenvalue weighted by atomic mass is 16.2. The van der Waals surface area contributed by atoms with Gasteiger partial charge in [0, 0.05) is 19.4 Å². The Kier molecular flexibility index (Phi) is 6.19. The largest absolute Gasteiger partial charge is 0.316 e. The summed E-state index contributed by atoms with van der Waals surface area (Å²) < 4.78 is 0.